The van der Waals surface area contributed by atoms with Gasteiger partial charge in [-0.2, -0.15) is 17.0 Å². The molecule has 1 aliphatic heterocycles. The molecule has 0 aliphatic carbocycles. The van der Waals surface area contributed by atoms with Crippen LogP contribution < -0.4 is 0 Å². The van der Waals surface area contributed by atoms with Crippen LogP contribution in [0.2, 0.25) is 0 Å². The molecule has 7 nitrogen and oxygen atoms in total. The Morgan fingerprint density at radius 1 is 1.11 bits per heavy atom. The number of halogens is 1. The molecule has 0 saturated carbocycles. The molecule has 1 saturated heterocycles. The van der Waals surface area contributed by atoms with Gasteiger partial charge in [0.05, 0.1) is 12.7 Å². The molecule has 0 radical (unpaired) electrons. The Bertz CT molecular complexity index is 842. The average molecular weight is 396 g/mol. The fourth-order valence-electron chi connectivity index (χ4n) is 3.15. The molecule has 0 amide bonds. The maximum Gasteiger partial charge on any atom is 0.282 e. The summed E-state index contributed by atoms with van der Waals surface area (Å²) in [5.74, 6) is 0.859. The zero-order valence-electron chi connectivity index (χ0n) is 15.6. The van der Waals surface area contributed by atoms with Gasteiger partial charge in [0.1, 0.15) is 5.82 Å². The second-order valence-electron chi connectivity index (χ2n) is 6.39. The first-order valence-corrected chi connectivity index (χ1v) is 10.5. The Morgan fingerprint density at radius 3 is 2.33 bits per heavy atom. The lowest BCUT2D eigenvalue weighted by molar-refractivity contribution is 0.163. The number of rotatable bonds is 7. The predicted molar refractivity (Wildman–Crippen MR) is 101 cm³/mol. The van der Waals surface area contributed by atoms with Crippen LogP contribution in [0.4, 0.5) is 4.39 Å². The highest BCUT2D eigenvalue weighted by atomic mass is 32.2. The summed E-state index contributed by atoms with van der Waals surface area (Å²) < 4.78 is 47.0. The molecule has 1 aromatic carbocycles. The first-order chi connectivity index (χ1) is 12.9. The van der Waals surface area contributed by atoms with Gasteiger partial charge in [0, 0.05) is 44.8 Å². The molecular weight excluding hydrogens is 371 g/mol. The second-order valence-corrected chi connectivity index (χ2v) is 8.32. The summed E-state index contributed by atoms with van der Waals surface area (Å²) in [5, 5.41) is 0. The molecule has 3 rings (SSSR count). The summed E-state index contributed by atoms with van der Waals surface area (Å²) in [6.07, 6.45) is 1.63. The van der Waals surface area contributed by atoms with E-state index in [4.69, 9.17) is 4.42 Å². The van der Waals surface area contributed by atoms with E-state index in [1.54, 1.807) is 18.3 Å². The zero-order valence-corrected chi connectivity index (χ0v) is 16.5. The molecule has 2 aromatic rings. The lowest BCUT2D eigenvalue weighted by Crippen LogP contribution is -2.52. The number of nitrogens with zero attached hydrogens (tertiary/aromatic N) is 4. The highest BCUT2D eigenvalue weighted by Gasteiger charge is 2.31. The van der Waals surface area contributed by atoms with Crippen LogP contribution in [-0.4, -0.2) is 66.2 Å². The average Bonchev–Trinajstić information content (AvgIpc) is 3.12. The molecule has 27 heavy (non-hydrogen) atoms. The summed E-state index contributed by atoms with van der Waals surface area (Å²) in [7, 11) is -3.39. The molecule has 0 atom stereocenters. The fourth-order valence-corrected chi connectivity index (χ4v) is 4.76. The summed E-state index contributed by atoms with van der Waals surface area (Å²) >= 11 is 0. The van der Waals surface area contributed by atoms with Crippen molar-refractivity contribution >= 4 is 10.2 Å². The number of hydrogen-bond donors (Lipinski definition) is 0. The van der Waals surface area contributed by atoms with E-state index in [0.29, 0.717) is 57.5 Å². The SMILES string of the molecule is CCN(CC)S(=O)(=O)N1CCN(Cc2ncc(-c3ccc(F)cc3)o2)CC1. The van der Waals surface area contributed by atoms with E-state index in [-0.39, 0.29) is 5.82 Å². The van der Waals surface area contributed by atoms with Gasteiger partial charge < -0.3 is 4.42 Å². The number of hydrogen-bond acceptors (Lipinski definition) is 5. The summed E-state index contributed by atoms with van der Waals surface area (Å²) in [5.41, 5.74) is 0.769. The molecule has 1 aliphatic rings. The van der Waals surface area contributed by atoms with Gasteiger partial charge in [0.25, 0.3) is 10.2 Å². The van der Waals surface area contributed by atoms with E-state index < -0.39 is 10.2 Å². The maximum absolute atomic E-state index is 13.0. The standard InChI is InChI=1S/C18H25FN4O3S/c1-3-22(4-2)27(24,25)23-11-9-21(10-12-23)14-18-20-13-17(26-18)15-5-7-16(19)8-6-15/h5-8,13H,3-4,9-12,14H2,1-2H3. The molecule has 0 unspecified atom stereocenters. The molecule has 0 N–H and O–H groups in total. The van der Waals surface area contributed by atoms with Gasteiger partial charge in [-0.15, -0.1) is 0 Å². The molecule has 148 valence electrons. The highest BCUT2D eigenvalue weighted by Crippen LogP contribution is 2.22. The van der Waals surface area contributed by atoms with Crippen molar-refractivity contribution in [3.63, 3.8) is 0 Å². The smallest absolute Gasteiger partial charge is 0.282 e. The van der Waals surface area contributed by atoms with Crippen LogP contribution in [0.25, 0.3) is 11.3 Å². The van der Waals surface area contributed by atoms with Gasteiger partial charge in [0.15, 0.2) is 5.76 Å². The monoisotopic (exact) mass is 396 g/mol. The van der Waals surface area contributed by atoms with Crippen LogP contribution in [0.5, 0.6) is 0 Å². The third kappa shape index (κ3) is 4.55. The number of oxazole rings is 1. The maximum atomic E-state index is 13.0. The topological polar surface area (TPSA) is 69.9 Å². The van der Waals surface area contributed by atoms with Crippen molar-refractivity contribution in [1.82, 2.24) is 18.5 Å². The third-order valence-electron chi connectivity index (χ3n) is 4.73. The van der Waals surface area contributed by atoms with Crippen molar-refractivity contribution in [1.29, 1.82) is 0 Å². The largest absolute Gasteiger partial charge is 0.439 e. The van der Waals surface area contributed by atoms with Gasteiger partial charge in [0.2, 0.25) is 5.89 Å². The molecule has 0 spiro atoms. The van der Waals surface area contributed by atoms with Gasteiger partial charge in [-0.25, -0.2) is 9.37 Å². The van der Waals surface area contributed by atoms with Crippen LogP contribution in [0, 0.1) is 5.82 Å². The first-order valence-electron chi connectivity index (χ1n) is 9.12. The lowest BCUT2D eigenvalue weighted by Gasteiger charge is -2.35. The summed E-state index contributed by atoms with van der Waals surface area (Å²) in [4.78, 5) is 6.41. The number of piperazine rings is 1. The molecule has 1 fully saturated rings. The molecular formula is C18H25FN4O3S. The number of aromatic nitrogens is 1. The third-order valence-corrected chi connectivity index (χ3v) is 6.92. The quantitative estimate of drug-likeness (QED) is 0.718. The van der Waals surface area contributed by atoms with E-state index in [9.17, 15) is 12.8 Å². The van der Waals surface area contributed by atoms with Gasteiger partial charge >= 0.3 is 0 Å². The molecule has 9 heteroatoms. The van der Waals surface area contributed by atoms with Crippen LogP contribution >= 0.6 is 0 Å². The number of benzene rings is 1. The normalized spacial score (nSPS) is 16.9. The second kappa shape index (κ2) is 8.47. The Morgan fingerprint density at radius 2 is 1.74 bits per heavy atom. The van der Waals surface area contributed by atoms with E-state index in [1.807, 2.05) is 13.8 Å². The van der Waals surface area contributed by atoms with E-state index in [1.165, 1.54) is 20.7 Å². The molecule has 0 bridgehead atoms. The fraction of sp³-hybridized carbons (Fsp3) is 0.500. The Balaban J connectivity index is 1.58. The summed E-state index contributed by atoms with van der Waals surface area (Å²) in [6, 6.07) is 6.06. The Kier molecular flexibility index (Phi) is 6.25. The van der Waals surface area contributed by atoms with Crippen molar-refractivity contribution in [2.45, 2.75) is 20.4 Å². The minimum Gasteiger partial charge on any atom is -0.439 e. The predicted octanol–water partition coefficient (Wildman–Crippen LogP) is 2.18. The van der Waals surface area contributed by atoms with E-state index in [0.717, 1.165) is 5.56 Å². The Hall–Kier alpha value is -1.81. The van der Waals surface area contributed by atoms with Gasteiger partial charge in [-0.1, -0.05) is 13.8 Å². The van der Waals surface area contributed by atoms with Gasteiger partial charge in [-0.05, 0) is 24.3 Å². The van der Waals surface area contributed by atoms with E-state index in [2.05, 4.69) is 9.88 Å². The zero-order chi connectivity index (χ0) is 19.4. The van der Waals surface area contributed by atoms with Crippen LogP contribution in [0.3, 0.4) is 0 Å². The van der Waals surface area contributed by atoms with Crippen LogP contribution in [0.1, 0.15) is 19.7 Å². The minimum absolute atomic E-state index is 0.295. The lowest BCUT2D eigenvalue weighted by atomic mass is 10.2. The van der Waals surface area contributed by atoms with E-state index >= 15 is 0 Å². The van der Waals surface area contributed by atoms with Crippen molar-refractivity contribution in [2.75, 3.05) is 39.3 Å². The molecule has 1 aromatic heterocycles. The highest BCUT2D eigenvalue weighted by molar-refractivity contribution is 7.86. The first kappa shape index (κ1) is 19.9. The van der Waals surface area contributed by atoms with Gasteiger partial charge in [-0.3, -0.25) is 4.90 Å². The van der Waals surface area contributed by atoms with Crippen molar-refractivity contribution < 1.29 is 17.2 Å². The van der Waals surface area contributed by atoms with Crippen LogP contribution in [0.15, 0.2) is 34.9 Å². The van der Waals surface area contributed by atoms with Crippen molar-refractivity contribution in [2.24, 2.45) is 0 Å². The summed E-state index contributed by atoms with van der Waals surface area (Å²) in [6.45, 7) is 7.29. The van der Waals surface area contributed by atoms with Crippen molar-refractivity contribution in [3.8, 4) is 11.3 Å². The molecule has 2 heterocycles. The van der Waals surface area contributed by atoms with Crippen molar-refractivity contribution in [3.05, 3.63) is 42.2 Å². The van der Waals surface area contributed by atoms with Crippen LogP contribution in [-0.2, 0) is 16.8 Å². The Labute approximate surface area is 159 Å². The minimum atomic E-state index is -3.39.